The second-order valence-electron chi connectivity index (χ2n) is 6.50. The second-order valence-corrected chi connectivity index (χ2v) is 8.48. The van der Waals surface area contributed by atoms with Crippen molar-refractivity contribution in [2.45, 2.75) is 37.0 Å². The summed E-state index contributed by atoms with van der Waals surface area (Å²) in [4.78, 5) is 33.5. The summed E-state index contributed by atoms with van der Waals surface area (Å²) in [6.45, 7) is -0.0871. The Kier molecular flexibility index (Phi) is 7.27. The molecule has 0 fully saturated rings. The van der Waals surface area contributed by atoms with Gasteiger partial charge in [0.15, 0.2) is 16.4 Å². The summed E-state index contributed by atoms with van der Waals surface area (Å²) < 4.78 is 28.0. The number of hydrogen-bond acceptors (Lipinski definition) is 7. The smallest absolute Gasteiger partial charge is 0.338 e. The Hall–Kier alpha value is -2.75. The summed E-state index contributed by atoms with van der Waals surface area (Å²) in [5.41, 5.74) is 0.378. The van der Waals surface area contributed by atoms with E-state index in [0.717, 1.165) is 50.1 Å². The fourth-order valence-corrected chi connectivity index (χ4v) is 3.69. The highest BCUT2D eigenvalue weighted by atomic mass is 32.2. The predicted molar refractivity (Wildman–Crippen MR) is 101 cm³/mol. The van der Waals surface area contributed by atoms with Crippen LogP contribution in [0.25, 0.3) is 0 Å². The molecule has 1 N–H and O–H groups in total. The minimum atomic E-state index is -3.83. The zero-order valence-electron chi connectivity index (χ0n) is 15.5. The molecule has 0 spiro atoms. The molecule has 10 heteroatoms. The highest BCUT2D eigenvalue weighted by Crippen LogP contribution is 2.25. The van der Waals surface area contributed by atoms with Gasteiger partial charge in [0, 0.05) is 18.9 Å². The van der Waals surface area contributed by atoms with Gasteiger partial charge >= 0.3 is 5.97 Å². The van der Waals surface area contributed by atoms with Crippen LogP contribution in [0.15, 0.2) is 34.7 Å². The van der Waals surface area contributed by atoms with Crippen molar-refractivity contribution in [3.05, 3.63) is 45.5 Å². The van der Waals surface area contributed by atoms with Crippen molar-refractivity contribution in [3.8, 4) is 0 Å². The molecule has 0 saturated heterocycles. The molecule has 9 nitrogen and oxygen atoms in total. The van der Waals surface area contributed by atoms with Gasteiger partial charge < -0.3 is 10.1 Å². The number of esters is 1. The number of nitro groups is 1. The molecule has 0 aliphatic heterocycles. The number of sulfone groups is 1. The summed E-state index contributed by atoms with van der Waals surface area (Å²) >= 11 is 0. The van der Waals surface area contributed by atoms with E-state index < -0.39 is 43.8 Å². The maximum atomic E-state index is 12.0. The van der Waals surface area contributed by atoms with Gasteiger partial charge in [0.05, 0.1) is 10.5 Å². The molecule has 1 aliphatic carbocycles. The topological polar surface area (TPSA) is 133 Å². The van der Waals surface area contributed by atoms with Gasteiger partial charge in [-0.05, 0) is 44.2 Å². The Balaban J connectivity index is 1.90. The molecule has 152 valence electrons. The Morgan fingerprint density at radius 2 is 2.04 bits per heavy atom. The van der Waals surface area contributed by atoms with E-state index in [0.29, 0.717) is 6.54 Å². The summed E-state index contributed by atoms with van der Waals surface area (Å²) in [5.74, 6) is -1.43. The number of benzene rings is 1. The first-order valence-corrected chi connectivity index (χ1v) is 10.7. The van der Waals surface area contributed by atoms with Gasteiger partial charge in [-0.25, -0.2) is 13.2 Å². The van der Waals surface area contributed by atoms with E-state index in [4.69, 9.17) is 4.74 Å². The lowest BCUT2D eigenvalue weighted by molar-refractivity contribution is -0.387. The third-order valence-corrected chi connectivity index (χ3v) is 5.42. The van der Waals surface area contributed by atoms with Crippen molar-refractivity contribution < 1.29 is 27.7 Å². The minimum absolute atomic E-state index is 0.209. The fourth-order valence-electron chi connectivity index (χ4n) is 2.86. The Morgan fingerprint density at radius 3 is 2.64 bits per heavy atom. The van der Waals surface area contributed by atoms with Gasteiger partial charge in [-0.1, -0.05) is 11.6 Å². The van der Waals surface area contributed by atoms with E-state index in [2.05, 4.69) is 11.4 Å². The quantitative estimate of drug-likeness (QED) is 0.300. The molecule has 2 rings (SSSR count). The van der Waals surface area contributed by atoms with Crippen LogP contribution in [0.5, 0.6) is 0 Å². The number of carbonyl (C=O) groups is 2. The van der Waals surface area contributed by atoms with Gasteiger partial charge in [-0.15, -0.1) is 0 Å². The molecular formula is C18H22N2O7S. The maximum Gasteiger partial charge on any atom is 0.338 e. The Bertz CT molecular complexity index is 907. The van der Waals surface area contributed by atoms with Crippen LogP contribution in [0.1, 0.15) is 42.5 Å². The lowest BCUT2D eigenvalue weighted by Gasteiger charge is -2.13. The number of nitro benzene ring substituents is 1. The molecule has 0 saturated carbocycles. The zero-order chi connectivity index (χ0) is 20.7. The molecule has 28 heavy (non-hydrogen) atoms. The third kappa shape index (κ3) is 6.15. The molecule has 1 aliphatic rings. The lowest BCUT2D eigenvalue weighted by Crippen LogP contribution is -2.29. The van der Waals surface area contributed by atoms with Gasteiger partial charge in [-0.2, -0.15) is 0 Å². The van der Waals surface area contributed by atoms with Gasteiger partial charge in [0.2, 0.25) is 0 Å². The SMILES string of the molecule is CS(=O)(=O)c1ccc(C(=O)OCC(=O)NCCC2=CCCCC2)cc1[N+](=O)[O-]. The third-order valence-electron chi connectivity index (χ3n) is 4.28. The molecule has 0 atom stereocenters. The molecule has 0 heterocycles. The van der Waals surface area contributed by atoms with Crippen molar-refractivity contribution in [1.82, 2.24) is 5.32 Å². The molecule has 0 unspecified atom stereocenters. The molecule has 1 amide bonds. The normalized spacial score (nSPS) is 14.1. The number of amides is 1. The molecular weight excluding hydrogens is 388 g/mol. The van der Waals surface area contributed by atoms with Gasteiger partial charge in [-0.3, -0.25) is 14.9 Å². The van der Waals surface area contributed by atoms with Crippen molar-refractivity contribution >= 4 is 27.4 Å². The number of carbonyl (C=O) groups excluding carboxylic acids is 2. The standard InChI is InChI=1S/C18H22N2O7S/c1-28(25,26)16-8-7-14(11-15(16)20(23)24)18(22)27-12-17(21)19-10-9-13-5-3-2-4-6-13/h5,7-8,11H,2-4,6,9-10,12H2,1H3,(H,19,21). The van der Waals surface area contributed by atoms with E-state index in [1.54, 1.807) is 0 Å². The van der Waals surface area contributed by atoms with Crippen molar-refractivity contribution in [2.24, 2.45) is 0 Å². The van der Waals surface area contributed by atoms with Crippen LogP contribution < -0.4 is 5.32 Å². The summed E-state index contributed by atoms with van der Waals surface area (Å²) in [6, 6.07) is 2.91. The van der Waals surface area contributed by atoms with Crippen molar-refractivity contribution in [1.29, 1.82) is 0 Å². The number of nitrogens with zero attached hydrogens (tertiary/aromatic N) is 1. The van der Waals surface area contributed by atoms with Crippen LogP contribution >= 0.6 is 0 Å². The summed E-state index contributed by atoms with van der Waals surface area (Å²) in [6.07, 6.45) is 8.21. The first kappa shape index (κ1) is 21.5. The highest BCUT2D eigenvalue weighted by Gasteiger charge is 2.24. The Morgan fingerprint density at radius 1 is 1.29 bits per heavy atom. The average molecular weight is 410 g/mol. The maximum absolute atomic E-state index is 12.0. The first-order valence-electron chi connectivity index (χ1n) is 8.78. The average Bonchev–Trinajstić information content (AvgIpc) is 2.65. The number of allylic oxidation sites excluding steroid dienone is 1. The number of nitrogens with one attached hydrogen (secondary N) is 1. The van der Waals surface area contributed by atoms with Crippen LogP contribution in [0.2, 0.25) is 0 Å². The largest absolute Gasteiger partial charge is 0.452 e. The second kappa shape index (κ2) is 9.45. The summed E-state index contributed by atoms with van der Waals surface area (Å²) in [5, 5.41) is 13.7. The van der Waals surface area contributed by atoms with Crippen molar-refractivity contribution in [3.63, 3.8) is 0 Å². The van der Waals surface area contributed by atoms with Crippen LogP contribution in [0.4, 0.5) is 5.69 Å². The molecule has 0 bridgehead atoms. The van der Waals surface area contributed by atoms with Crippen LogP contribution in [0, 0.1) is 10.1 Å². The number of ether oxygens (including phenoxy) is 1. The lowest BCUT2D eigenvalue weighted by atomic mass is 9.97. The van der Waals surface area contributed by atoms with Crippen LogP contribution in [-0.2, 0) is 19.4 Å². The highest BCUT2D eigenvalue weighted by molar-refractivity contribution is 7.90. The van der Waals surface area contributed by atoms with Gasteiger partial charge in [0.25, 0.3) is 11.6 Å². The summed E-state index contributed by atoms with van der Waals surface area (Å²) in [7, 11) is -3.83. The molecule has 0 aromatic heterocycles. The molecule has 1 aromatic rings. The number of hydrogen-bond donors (Lipinski definition) is 1. The van der Waals surface area contributed by atoms with E-state index in [1.807, 2.05) is 0 Å². The van der Waals surface area contributed by atoms with Crippen molar-refractivity contribution in [2.75, 3.05) is 19.4 Å². The monoisotopic (exact) mass is 410 g/mol. The van der Waals surface area contributed by atoms with Crippen LogP contribution in [-0.4, -0.2) is 44.6 Å². The van der Waals surface area contributed by atoms with E-state index in [1.165, 1.54) is 12.0 Å². The Labute approximate surface area is 162 Å². The molecule has 0 radical (unpaired) electrons. The van der Waals surface area contributed by atoms with Gasteiger partial charge in [0.1, 0.15) is 4.90 Å². The van der Waals surface area contributed by atoms with E-state index in [-0.39, 0.29) is 5.56 Å². The fraction of sp³-hybridized carbons (Fsp3) is 0.444. The first-order chi connectivity index (χ1) is 13.2. The minimum Gasteiger partial charge on any atom is -0.452 e. The van der Waals surface area contributed by atoms with E-state index >= 15 is 0 Å². The number of rotatable bonds is 8. The predicted octanol–water partition coefficient (Wildman–Crippen LogP) is 2.16. The molecule has 1 aromatic carbocycles. The zero-order valence-corrected chi connectivity index (χ0v) is 16.3. The van der Waals surface area contributed by atoms with E-state index in [9.17, 15) is 28.1 Å². The van der Waals surface area contributed by atoms with Crippen LogP contribution in [0.3, 0.4) is 0 Å².